The molecule has 0 unspecified atom stereocenters. The molecule has 0 aliphatic rings. The zero-order chi connectivity index (χ0) is 8.97. The van der Waals surface area contributed by atoms with Gasteiger partial charge in [-0.15, -0.1) is 0 Å². The lowest BCUT2D eigenvalue weighted by molar-refractivity contribution is 0.934. The molecule has 0 heterocycles. The summed E-state index contributed by atoms with van der Waals surface area (Å²) in [5.74, 6) is 0. The molecule has 0 spiro atoms. The SMILES string of the molecule is C/C=C(\N)c1ccc(SF)cc1. The molecule has 0 atom stereocenters. The van der Waals surface area contributed by atoms with Crippen molar-refractivity contribution in [1.82, 2.24) is 0 Å². The third-order valence-corrected chi connectivity index (χ3v) is 2.04. The molecule has 0 aliphatic heterocycles. The number of nitrogens with two attached hydrogens (primary N) is 1. The van der Waals surface area contributed by atoms with Gasteiger partial charge >= 0.3 is 0 Å². The Morgan fingerprint density at radius 2 is 2.00 bits per heavy atom. The van der Waals surface area contributed by atoms with Gasteiger partial charge in [0.1, 0.15) is 0 Å². The van der Waals surface area contributed by atoms with Crippen LogP contribution in [0, 0.1) is 0 Å². The van der Waals surface area contributed by atoms with E-state index >= 15 is 0 Å². The molecule has 64 valence electrons. The van der Waals surface area contributed by atoms with Gasteiger partial charge in [-0.05, 0) is 24.6 Å². The van der Waals surface area contributed by atoms with Crippen molar-refractivity contribution in [2.24, 2.45) is 5.73 Å². The zero-order valence-electron chi connectivity index (χ0n) is 6.75. The van der Waals surface area contributed by atoms with Gasteiger partial charge in [0.05, 0.1) is 12.1 Å². The summed E-state index contributed by atoms with van der Waals surface area (Å²) in [5.41, 5.74) is 7.29. The van der Waals surface area contributed by atoms with E-state index in [2.05, 4.69) is 0 Å². The lowest BCUT2D eigenvalue weighted by atomic mass is 10.1. The van der Waals surface area contributed by atoms with E-state index in [4.69, 9.17) is 5.73 Å². The van der Waals surface area contributed by atoms with Crippen molar-refractivity contribution in [2.45, 2.75) is 11.8 Å². The van der Waals surface area contributed by atoms with E-state index in [1.165, 1.54) is 0 Å². The van der Waals surface area contributed by atoms with Crippen molar-refractivity contribution in [2.75, 3.05) is 0 Å². The topological polar surface area (TPSA) is 26.0 Å². The average molecular weight is 183 g/mol. The first kappa shape index (κ1) is 9.13. The van der Waals surface area contributed by atoms with Gasteiger partial charge in [0.15, 0.2) is 0 Å². The Labute approximate surface area is 75.8 Å². The number of halogens is 1. The lowest BCUT2D eigenvalue weighted by Gasteiger charge is -2.00. The van der Waals surface area contributed by atoms with Crippen molar-refractivity contribution in [1.29, 1.82) is 0 Å². The third kappa shape index (κ3) is 2.01. The van der Waals surface area contributed by atoms with Crippen LogP contribution in [0.1, 0.15) is 12.5 Å². The van der Waals surface area contributed by atoms with Gasteiger partial charge in [-0.2, -0.15) is 3.89 Å². The predicted octanol–water partition coefficient (Wildman–Crippen LogP) is 2.98. The zero-order valence-corrected chi connectivity index (χ0v) is 7.57. The van der Waals surface area contributed by atoms with Crippen LogP contribution in [-0.4, -0.2) is 0 Å². The standard InChI is InChI=1S/C9H10FNS/c1-2-9(11)7-3-5-8(12-10)6-4-7/h2-6H,11H2,1H3/b9-2-. The van der Waals surface area contributed by atoms with Gasteiger partial charge in [0, 0.05) is 10.6 Å². The molecule has 3 heteroatoms. The Morgan fingerprint density at radius 1 is 1.42 bits per heavy atom. The predicted molar refractivity (Wildman–Crippen MR) is 51.2 cm³/mol. The van der Waals surface area contributed by atoms with Crippen molar-refractivity contribution in [3.8, 4) is 0 Å². The maximum atomic E-state index is 12.0. The molecule has 0 saturated carbocycles. The summed E-state index contributed by atoms with van der Waals surface area (Å²) in [6.07, 6.45) is 1.82. The number of rotatable bonds is 2. The quantitative estimate of drug-likeness (QED) is 0.762. The first-order chi connectivity index (χ1) is 5.77. The Morgan fingerprint density at radius 3 is 2.42 bits per heavy atom. The molecule has 1 rings (SSSR count). The third-order valence-electron chi connectivity index (χ3n) is 1.59. The molecule has 0 bridgehead atoms. The molecule has 1 aromatic carbocycles. The Balaban J connectivity index is 2.92. The van der Waals surface area contributed by atoms with E-state index in [1.54, 1.807) is 24.3 Å². The highest BCUT2D eigenvalue weighted by Gasteiger charge is 1.95. The molecular weight excluding hydrogens is 173 g/mol. The van der Waals surface area contributed by atoms with Gasteiger partial charge in [-0.1, -0.05) is 18.2 Å². The molecule has 12 heavy (non-hydrogen) atoms. The minimum atomic E-state index is 0.237. The average Bonchev–Trinajstić information content (AvgIpc) is 2.17. The summed E-state index contributed by atoms with van der Waals surface area (Å²) < 4.78 is 12.0. The minimum absolute atomic E-state index is 0.237. The van der Waals surface area contributed by atoms with E-state index in [0.29, 0.717) is 10.6 Å². The number of hydrogen-bond donors (Lipinski definition) is 1. The van der Waals surface area contributed by atoms with Crippen LogP contribution in [0.4, 0.5) is 3.89 Å². The summed E-state index contributed by atoms with van der Waals surface area (Å²) in [7, 11) is 0. The Kier molecular flexibility index (Phi) is 3.17. The van der Waals surface area contributed by atoms with Gasteiger partial charge in [-0.25, -0.2) is 0 Å². The summed E-state index contributed by atoms with van der Waals surface area (Å²) in [5, 5.41) is 0. The first-order valence-electron chi connectivity index (χ1n) is 3.58. The molecule has 0 radical (unpaired) electrons. The molecule has 1 aromatic rings. The fourth-order valence-electron chi connectivity index (χ4n) is 0.865. The second-order valence-corrected chi connectivity index (χ2v) is 2.97. The fraction of sp³-hybridized carbons (Fsp3) is 0.111. The van der Waals surface area contributed by atoms with Crippen LogP contribution in [0.15, 0.2) is 35.2 Å². The number of hydrogen-bond acceptors (Lipinski definition) is 2. The molecule has 0 aromatic heterocycles. The number of allylic oxidation sites excluding steroid dienone is 1. The van der Waals surface area contributed by atoms with E-state index < -0.39 is 0 Å². The first-order valence-corrected chi connectivity index (χ1v) is 4.30. The van der Waals surface area contributed by atoms with Gasteiger partial charge in [-0.3, -0.25) is 0 Å². The largest absolute Gasteiger partial charge is 0.399 e. The molecule has 2 N–H and O–H groups in total. The van der Waals surface area contributed by atoms with Crippen LogP contribution in [-0.2, 0) is 0 Å². The Hall–Kier alpha value is -0.960. The van der Waals surface area contributed by atoms with E-state index in [9.17, 15) is 3.89 Å². The van der Waals surface area contributed by atoms with E-state index in [-0.39, 0.29) is 12.1 Å². The lowest BCUT2D eigenvalue weighted by Crippen LogP contribution is -1.94. The molecule has 0 amide bonds. The highest BCUT2D eigenvalue weighted by atomic mass is 32.2. The molecule has 1 nitrogen and oxygen atoms in total. The van der Waals surface area contributed by atoms with E-state index in [1.807, 2.05) is 13.0 Å². The molecule has 0 aliphatic carbocycles. The van der Waals surface area contributed by atoms with Gasteiger partial charge in [0.2, 0.25) is 0 Å². The Bertz CT molecular complexity index is 279. The van der Waals surface area contributed by atoms with Crippen LogP contribution < -0.4 is 5.73 Å². The van der Waals surface area contributed by atoms with Crippen LogP contribution in [0.5, 0.6) is 0 Å². The second-order valence-electron chi connectivity index (χ2n) is 2.35. The molecule has 0 fully saturated rings. The van der Waals surface area contributed by atoms with Crippen molar-refractivity contribution < 1.29 is 3.89 Å². The van der Waals surface area contributed by atoms with Crippen LogP contribution >= 0.6 is 12.1 Å². The highest BCUT2D eigenvalue weighted by Crippen LogP contribution is 2.20. The summed E-state index contributed by atoms with van der Waals surface area (Å²) in [4.78, 5) is 0.600. The van der Waals surface area contributed by atoms with Crippen molar-refractivity contribution >= 4 is 17.8 Å². The van der Waals surface area contributed by atoms with E-state index in [0.717, 1.165) is 5.56 Å². The highest BCUT2D eigenvalue weighted by molar-refractivity contribution is 7.94. The minimum Gasteiger partial charge on any atom is -0.399 e. The van der Waals surface area contributed by atoms with Crippen molar-refractivity contribution in [3.63, 3.8) is 0 Å². The second kappa shape index (κ2) is 4.16. The summed E-state index contributed by atoms with van der Waals surface area (Å²) in [6.45, 7) is 1.87. The molecule has 0 saturated heterocycles. The van der Waals surface area contributed by atoms with Crippen LogP contribution in [0.3, 0.4) is 0 Å². The monoisotopic (exact) mass is 183 g/mol. The fourth-order valence-corrected chi connectivity index (χ4v) is 1.10. The summed E-state index contributed by atoms with van der Waals surface area (Å²) >= 11 is 0.237. The van der Waals surface area contributed by atoms with Crippen molar-refractivity contribution in [3.05, 3.63) is 35.9 Å². The number of benzene rings is 1. The maximum Gasteiger partial charge on any atom is 0.0812 e. The molecular formula is C9H10FNS. The van der Waals surface area contributed by atoms with Crippen LogP contribution in [0.25, 0.3) is 5.70 Å². The van der Waals surface area contributed by atoms with Gasteiger partial charge in [0.25, 0.3) is 0 Å². The summed E-state index contributed by atoms with van der Waals surface area (Å²) in [6, 6.07) is 7.02. The smallest absolute Gasteiger partial charge is 0.0812 e. The maximum absolute atomic E-state index is 12.0. The van der Waals surface area contributed by atoms with Gasteiger partial charge < -0.3 is 5.73 Å². The normalized spacial score (nSPS) is 11.7. The van der Waals surface area contributed by atoms with Crippen LogP contribution in [0.2, 0.25) is 0 Å².